The average Bonchev–Trinajstić information content (AvgIpc) is 3.59. The minimum absolute atomic E-state index is 0.0135. The minimum atomic E-state index is -1.43. The number of benzene rings is 4. The number of carbonyl (C=O) groups is 4. The summed E-state index contributed by atoms with van der Waals surface area (Å²) in [5, 5.41) is 0. The average molecular weight is 726 g/mol. The highest BCUT2D eigenvalue weighted by Gasteiger charge is 2.56. The van der Waals surface area contributed by atoms with Crippen molar-refractivity contribution in [3.63, 3.8) is 0 Å². The van der Waals surface area contributed by atoms with Crippen molar-refractivity contribution in [1.29, 1.82) is 0 Å². The van der Waals surface area contributed by atoms with Crippen molar-refractivity contribution in [3.05, 3.63) is 144 Å². The molecule has 6 rings (SSSR count). The molecule has 2 aliphatic heterocycles. The molecule has 2 saturated heterocycles. The zero-order chi connectivity index (χ0) is 36.8. The summed E-state index contributed by atoms with van der Waals surface area (Å²) in [7, 11) is 0. The quantitative estimate of drug-likeness (QED) is 0.110. The summed E-state index contributed by atoms with van der Waals surface area (Å²) in [6, 6.07) is 35.2. The molecule has 4 aromatic carbocycles. The number of ether oxygens (including phenoxy) is 8. The molecule has 0 N–H and O–H groups in total. The molecule has 2 aliphatic rings. The van der Waals surface area contributed by atoms with Gasteiger partial charge in [0, 0.05) is 13.1 Å². The molecule has 0 unspecified atom stereocenters. The van der Waals surface area contributed by atoms with E-state index in [1.54, 1.807) is 84.9 Å². The molecule has 13 heteroatoms. The Hall–Kier alpha value is -6.08. The topological polar surface area (TPSA) is 145 Å². The van der Waals surface area contributed by atoms with E-state index in [-0.39, 0.29) is 33.0 Å². The van der Waals surface area contributed by atoms with Crippen molar-refractivity contribution in [2.45, 2.75) is 63.3 Å². The standard InChI is InChI=1S/C40H39NO12/c42-37(46-24-28-13-5-1-6-14-28)50-32-21-22-41-23-33(51-38(43)47-25-29-15-7-2-8-16-29)35(52-39(44)48-26-30-17-9-3-10-18-30)36(34(32)41)53-40(45)49-27-31-19-11-4-12-20-31/h1-20,32-36H,21-27H2/t32-,33-,34+,35+,36+/m0/s1. The number of fused-ring (bicyclic) bond motifs is 1. The van der Waals surface area contributed by atoms with Crippen molar-refractivity contribution in [3.8, 4) is 0 Å². The van der Waals surface area contributed by atoms with Crippen LogP contribution in [0.1, 0.15) is 28.7 Å². The highest BCUT2D eigenvalue weighted by atomic mass is 16.8. The molecule has 0 spiro atoms. The van der Waals surface area contributed by atoms with E-state index >= 15 is 0 Å². The van der Waals surface area contributed by atoms with E-state index in [1.165, 1.54) is 0 Å². The van der Waals surface area contributed by atoms with E-state index in [0.717, 1.165) is 11.1 Å². The van der Waals surface area contributed by atoms with Gasteiger partial charge in [0.2, 0.25) is 0 Å². The van der Waals surface area contributed by atoms with Crippen molar-refractivity contribution >= 4 is 24.6 Å². The first-order chi connectivity index (χ1) is 25.9. The summed E-state index contributed by atoms with van der Waals surface area (Å²) in [6.45, 7) is 0.0473. The van der Waals surface area contributed by atoms with Crippen LogP contribution in [0.4, 0.5) is 19.2 Å². The minimum Gasteiger partial charge on any atom is -0.429 e. The lowest BCUT2D eigenvalue weighted by Gasteiger charge is -2.44. The maximum atomic E-state index is 13.3. The van der Waals surface area contributed by atoms with Gasteiger partial charge in [-0.3, -0.25) is 4.90 Å². The highest BCUT2D eigenvalue weighted by Crippen LogP contribution is 2.35. The molecule has 2 heterocycles. The van der Waals surface area contributed by atoms with Crippen LogP contribution in [-0.2, 0) is 64.3 Å². The second-order valence-electron chi connectivity index (χ2n) is 12.3. The van der Waals surface area contributed by atoms with Gasteiger partial charge in [0.05, 0.1) is 6.04 Å². The van der Waals surface area contributed by atoms with Gasteiger partial charge in [-0.25, -0.2) is 19.2 Å². The molecule has 5 atom stereocenters. The molecule has 53 heavy (non-hydrogen) atoms. The molecular weight excluding hydrogens is 686 g/mol. The molecule has 0 aliphatic carbocycles. The van der Waals surface area contributed by atoms with Crippen LogP contribution in [0.5, 0.6) is 0 Å². The van der Waals surface area contributed by atoms with Crippen molar-refractivity contribution in [2.24, 2.45) is 0 Å². The van der Waals surface area contributed by atoms with Crippen LogP contribution in [0.2, 0.25) is 0 Å². The molecule has 2 fully saturated rings. The van der Waals surface area contributed by atoms with Crippen LogP contribution in [0.3, 0.4) is 0 Å². The van der Waals surface area contributed by atoms with Gasteiger partial charge in [-0.15, -0.1) is 0 Å². The third-order valence-electron chi connectivity index (χ3n) is 8.70. The van der Waals surface area contributed by atoms with Crippen molar-refractivity contribution in [1.82, 2.24) is 4.90 Å². The Kier molecular flexibility index (Phi) is 12.8. The van der Waals surface area contributed by atoms with Crippen LogP contribution < -0.4 is 0 Å². The molecule has 276 valence electrons. The van der Waals surface area contributed by atoms with Gasteiger partial charge >= 0.3 is 24.6 Å². The zero-order valence-electron chi connectivity index (χ0n) is 28.7. The molecule has 13 nitrogen and oxygen atoms in total. The smallest absolute Gasteiger partial charge is 0.429 e. The van der Waals surface area contributed by atoms with E-state index < -0.39 is 55.1 Å². The lowest BCUT2D eigenvalue weighted by Crippen LogP contribution is -2.65. The first-order valence-corrected chi connectivity index (χ1v) is 17.1. The SMILES string of the molecule is O=C(OCc1ccccc1)O[C@H]1[C@H](OC(=O)OCc2ccccc2)[C@@H](OC(=O)OCc2ccccc2)CN2CC[C@H](OC(=O)OCc3ccccc3)[C@H]12. The van der Waals surface area contributed by atoms with Gasteiger partial charge in [0.25, 0.3) is 0 Å². The Labute approximate surface area is 306 Å². The maximum absolute atomic E-state index is 13.3. The Balaban J connectivity index is 1.22. The first-order valence-electron chi connectivity index (χ1n) is 17.1. The Bertz CT molecular complexity index is 1780. The first kappa shape index (κ1) is 36.7. The fraction of sp³-hybridized carbons (Fsp3) is 0.300. The Morgan fingerprint density at radius 3 is 1.19 bits per heavy atom. The lowest BCUT2D eigenvalue weighted by molar-refractivity contribution is -0.167. The van der Waals surface area contributed by atoms with Gasteiger partial charge in [0.1, 0.15) is 32.5 Å². The summed E-state index contributed by atoms with van der Waals surface area (Å²) >= 11 is 0. The van der Waals surface area contributed by atoms with Crippen LogP contribution in [0.15, 0.2) is 121 Å². The number of hydrogen-bond donors (Lipinski definition) is 0. The lowest BCUT2D eigenvalue weighted by atomic mass is 9.92. The van der Waals surface area contributed by atoms with Crippen LogP contribution in [0, 0.1) is 0 Å². The number of hydrogen-bond acceptors (Lipinski definition) is 13. The summed E-state index contributed by atoms with van der Waals surface area (Å²) < 4.78 is 44.8. The number of piperidine rings is 1. The summed E-state index contributed by atoms with van der Waals surface area (Å²) in [4.78, 5) is 54.3. The summed E-state index contributed by atoms with van der Waals surface area (Å²) in [5.74, 6) is 0. The molecule has 0 amide bonds. The Morgan fingerprint density at radius 2 is 0.792 bits per heavy atom. The molecule has 0 radical (unpaired) electrons. The predicted molar refractivity (Wildman–Crippen MR) is 186 cm³/mol. The molecule has 0 aromatic heterocycles. The fourth-order valence-corrected chi connectivity index (χ4v) is 6.21. The van der Waals surface area contributed by atoms with Crippen LogP contribution >= 0.6 is 0 Å². The number of nitrogens with zero attached hydrogens (tertiary/aromatic N) is 1. The van der Waals surface area contributed by atoms with Gasteiger partial charge in [-0.1, -0.05) is 121 Å². The van der Waals surface area contributed by atoms with E-state index in [4.69, 9.17) is 37.9 Å². The van der Waals surface area contributed by atoms with Crippen LogP contribution in [-0.4, -0.2) is 73.1 Å². The summed E-state index contributed by atoms with van der Waals surface area (Å²) in [5.41, 5.74) is 2.90. The van der Waals surface area contributed by atoms with Gasteiger partial charge in [-0.2, -0.15) is 0 Å². The normalized spacial score (nSPS) is 20.6. The van der Waals surface area contributed by atoms with Gasteiger partial charge in [0.15, 0.2) is 18.3 Å². The van der Waals surface area contributed by atoms with E-state index in [1.807, 2.05) is 41.3 Å². The van der Waals surface area contributed by atoms with Gasteiger partial charge < -0.3 is 37.9 Å². The second-order valence-corrected chi connectivity index (χ2v) is 12.3. The largest absolute Gasteiger partial charge is 0.509 e. The van der Waals surface area contributed by atoms with Crippen molar-refractivity contribution in [2.75, 3.05) is 13.1 Å². The maximum Gasteiger partial charge on any atom is 0.509 e. The Morgan fingerprint density at radius 1 is 0.453 bits per heavy atom. The third-order valence-corrected chi connectivity index (χ3v) is 8.70. The fourth-order valence-electron chi connectivity index (χ4n) is 6.21. The van der Waals surface area contributed by atoms with E-state index in [9.17, 15) is 19.2 Å². The van der Waals surface area contributed by atoms with Gasteiger partial charge in [-0.05, 0) is 28.7 Å². The predicted octanol–water partition coefficient (Wildman–Crippen LogP) is 6.96. The number of carbonyl (C=O) groups excluding carboxylic acids is 4. The highest BCUT2D eigenvalue weighted by molar-refractivity contribution is 5.63. The molecule has 0 bridgehead atoms. The molecule has 0 saturated carbocycles. The van der Waals surface area contributed by atoms with E-state index in [0.29, 0.717) is 24.1 Å². The second kappa shape index (κ2) is 18.4. The third kappa shape index (κ3) is 10.7. The van der Waals surface area contributed by atoms with E-state index in [2.05, 4.69) is 0 Å². The van der Waals surface area contributed by atoms with Crippen LogP contribution in [0.25, 0.3) is 0 Å². The summed E-state index contributed by atoms with van der Waals surface area (Å²) in [6.07, 6.45) is -8.73. The monoisotopic (exact) mass is 725 g/mol. The molecule has 4 aromatic rings. The number of rotatable bonds is 12. The molecular formula is C40H39NO12. The van der Waals surface area contributed by atoms with Crippen molar-refractivity contribution < 1.29 is 57.1 Å². The zero-order valence-corrected chi connectivity index (χ0v) is 28.7.